The number of hydrogen-bond acceptors (Lipinski definition) is 4. The van der Waals surface area contributed by atoms with Crippen molar-refractivity contribution in [1.82, 2.24) is 15.2 Å². The Kier molecular flexibility index (Phi) is 6.26. The smallest absolute Gasteiger partial charge is 0.332 e. The van der Waals surface area contributed by atoms with Crippen LogP contribution in [0.4, 0.5) is 10.5 Å². The molecule has 2 fully saturated rings. The molecule has 7 rings (SSSR count). The first-order chi connectivity index (χ1) is 20.0. The molecule has 1 saturated carbocycles. The van der Waals surface area contributed by atoms with Gasteiger partial charge in [0, 0.05) is 34.6 Å². The van der Waals surface area contributed by atoms with Gasteiger partial charge in [0.25, 0.3) is 11.8 Å². The topological polar surface area (TPSA) is 94.7 Å². The van der Waals surface area contributed by atoms with Crippen molar-refractivity contribution in [2.24, 2.45) is 0 Å². The SMILES string of the molecule is COc1ccc([C@@H]2c3[nH]c4ccccc4c3C[C@H]3C(=O)N(c4ccc(C(=O)NC5CCCCC5)cc4)C(=O)N23)cc1. The monoisotopic (exact) mass is 548 g/mol. The van der Waals surface area contributed by atoms with Gasteiger partial charge in [-0.05, 0) is 66.4 Å². The van der Waals surface area contributed by atoms with E-state index in [0.717, 1.165) is 59.2 Å². The number of hydrogen-bond donors (Lipinski definition) is 2. The highest BCUT2D eigenvalue weighted by molar-refractivity contribution is 6.22. The third-order valence-corrected chi connectivity index (χ3v) is 8.81. The number of para-hydroxylation sites is 1. The summed E-state index contributed by atoms with van der Waals surface area (Å²) in [6.07, 6.45) is 5.93. The van der Waals surface area contributed by atoms with Crippen LogP contribution >= 0.6 is 0 Å². The molecular formula is C33H32N4O4. The number of fused-ring (bicyclic) bond motifs is 4. The molecule has 4 amide bonds. The fourth-order valence-corrected chi connectivity index (χ4v) is 6.72. The molecule has 3 aliphatic rings. The zero-order valence-corrected chi connectivity index (χ0v) is 22.9. The predicted molar refractivity (Wildman–Crippen MR) is 156 cm³/mol. The van der Waals surface area contributed by atoms with Crippen LogP contribution in [0.15, 0.2) is 72.8 Å². The van der Waals surface area contributed by atoms with Crippen LogP contribution in [0.25, 0.3) is 10.9 Å². The van der Waals surface area contributed by atoms with Crippen LogP contribution in [-0.4, -0.2) is 46.9 Å². The van der Waals surface area contributed by atoms with E-state index in [2.05, 4.69) is 16.4 Å². The molecule has 0 spiro atoms. The first kappa shape index (κ1) is 25.4. The molecule has 0 bridgehead atoms. The minimum Gasteiger partial charge on any atom is -0.497 e. The van der Waals surface area contributed by atoms with Gasteiger partial charge in [-0.15, -0.1) is 0 Å². The molecule has 1 aliphatic carbocycles. The number of nitrogens with zero attached hydrogens (tertiary/aromatic N) is 2. The molecule has 2 N–H and O–H groups in total. The van der Waals surface area contributed by atoms with Crippen molar-refractivity contribution in [3.05, 3.63) is 95.2 Å². The highest BCUT2D eigenvalue weighted by Crippen LogP contribution is 2.45. The predicted octanol–water partition coefficient (Wildman–Crippen LogP) is 5.72. The van der Waals surface area contributed by atoms with E-state index in [0.29, 0.717) is 17.7 Å². The van der Waals surface area contributed by atoms with Crippen LogP contribution in [-0.2, 0) is 11.2 Å². The second kappa shape index (κ2) is 10.1. The fourth-order valence-electron chi connectivity index (χ4n) is 6.72. The number of aromatic nitrogens is 1. The van der Waals surface area contributed by atoms with Gasteiger partial charge in [-0.3, -0.25) is 14.5 Å². The lowest BCUT2D eigenvalue weighted by molar-refractivity contribution is -0.120. The van der Waals surface area contributed by atoms with Crippen molar-refractivity contribution in [2.75, 3.05) is 12.0 Å². The van der Waals surface area contributed by atoms with Crippen LogP contribution in [0, 0.1) is 0 Å². The Bertz CT molecular complexity index is 1640. The zero-order chi connectivity index (χ0) is 28.1. The molecule has 2 aliphatic heterocycles. The lowest BCUT2D eigenvalue weighted by Gasteiger charge is -2.36. The Morgan fingerprint density at radius 3 is 2.39 bits per heavy atom. The van der Waals surface area contributed by atoms with E-state index in [1.165, 1.54) is 11.3 Å². The number of benzene rings is 3. The van der Waals surface area contributed by atoms with E-state index < -0.39 is 12.1 Å². The number of methoxy groups -OCH3 is 1. The van der Waals surface area contributed by atoms with Crippen LogP contribution < -0.4 is 15.0 Å². The van der Waals surface area contributed by atoms with Crippen molar-refractivity contribution in [3.63, 3.8) is 0 Å². The second-order valence-electron chi connectivity index (χ2n) is 11.2. The summed E-state index contributed by atoms with van der Waals surface area (Å²) in [6, 6.07) is 21.2. The third kappa shape index (κ3) is 4.25. The lowest BCUT2D eigenvalue weighted by atomic mass is 9.89. The number of anilines is 1. The van der Waals surface area contributed by atoms with E-state index in [4.69, 9.17) is 4.74 Å². The van der Waals surface area contributed by atoms with Gasteiger partial charge in [-0.25, -0.2) is 9.69 Å². The number of nitrogens with one attached hydrogen (secondary N) is 2. The zero-order valence-electron chi connectivity index (χ0n) is 22.9. The Hall–Kier alpha value is -4.59. The van der Waals surface area contributed by atoms with Gasteiger partial charge >= 0.3 is 6.03 Å². The quantitative estimate of drug-likeness (QED) is 0.312. The molecule has 1 saturated heterocycles. The minimum absolute atomic E-state index is 0.120. The summed E-state index contributed by atoms with van der Waals surface area (Å²) in [6.45, 7) is 0. The van der Waals surface area contributed by atoms with Gasteiger partial charge in [-0.2, -0.15) is 0 Å². The van der Waals surface area contributed by atoms with E-state index in [1.54, 1.807) is 36.3 Å². The highest BCUT2D eigenvalue weighted by Gasteiger charge is 2.53. The van der Waals surface area contributed by atoms with Crippen LogP contribution in [0.3, 0.4) is 0 Å². The first-order valence-corrected chi connectivity index (χ1v) is 14.3. The van der Waals surface area contributed by atoms with Crippen molar-refractivity contribution in [3.8, 4) is 5.75 Å². The molecule has 208 valence electrons. The standard InChI is InChI=1S/C33H32N4O4/c1-41-24-17-13-20(14-18-24)30-29-26(25-9-5-6-10-27(25)35-29)19-28-32(39)36(33(40)37(28)30)23-15-11-21(12-16-23)31(38)34-22-7-3-2-4-8-22/h5-6,9-18,22,28,30,35H,2-4,7-8,19H2,1H3,(H,34,38)/t28-,30+/m0/s1. The molecule has 3 heterocycles. The summed E-state index contributed by atoms with van der Waals surface area (Å²) < 4.78 is 5.36. The summed E-state index contributed by atoms with van der Waals surface area (Å²) in [5.74, 6) is 0.338. The number of imide groups is 1. The number of amides is 4. The number of H-pyrrole nitrogens is 1. The molecule has 2 atom stereocenters. The van der Waals surface area contributed by atoms with Crippen molar-refractivity contribution in [2.45, 2.75) is 56.7 Å². The Morgan fingerprint density at radius 2 is 1.66 bits per heavy atom. The summed E-state index contributed by atoms with van der Waals surface area (Å²) in [4.78, 5) is 47.4. The fraction of sp³-hybridized carbons (Fsp3) is 0.303. The summed E-state index contributed by atoms with van der Waals surface area (Å²) in [5, 5.41) is 4.19. The molecule has 8 heteroatoms. The van der Waals surface area contributed by atoms with Crippen molar-refractivity contribution in [1.29, 1.82) is 0 Å². The van der Waals surface area contributed by atoms with Gasteiger partial charge in [0.1, 0.15) is 17.8 Å². The number of rotatable bonds is 5. The number of urea groups is 1. The lowest BCUT2D eigenvalue weighted by Crippen LogP contribution is -2.44. The Morgan fingerprint density at radius 1 is 0.927 bits per heavy atom. The molecular weight excluding hydrogens is 516 g/mol. The van der Waals surface area contributed by atoms with Gasteiger partial charge in [0.15, 0.2) is 0 Å². The van der Waals surface area contributed by atoms with Gasteiger partial charge in [0.2, 0.25) is 0 Å². The number of carbonyl (C=O) groups is 3. The molecule has 8 nitrogen and oxygen atoms in total. The van der Waals surface area contributed by atoms with E-state index in [-0.39, 0.29) is 23.9 Å². The molecule has 4 aromatic rings. The molecule has 41 heavy (non-hydrogen) atoms. The van der Waals surface area contributed by atoms with E-state index >= 15 is 0 Å². The number of aromatic amines is 1. The number of ether oxygens (including phenoxy) is 1. The Balaban J connectivity index is 1.22. The molecule has 3 aromatic carbocycles. The number of carbonyl (C=O) groups excluding carboxylic acids is 3. The maximum atomic E-state index is 14.1. The van der Waals surface area contributed by atoms with Crippen LogP contribution in [0.5, 0.6) is 5.75 Å². The second-order valence-corrected chi connectivity index (χ2v) is 11.2. The van der Waals surface area contributed by atoms with Crippen molar-refractivity contribution < 1.29 is 19.1 Å². The largest absolute Gasteiger partial charge is 0.497 e. The van der Waals surface area contributed by atoms with Gasteiger partial charge in [0.05, 0.1) is 12.8 Å². The maximum Gasteiger partial charge on any atom is 0.332 e. The minimum atomic E-state index is -0.643. The van der Waals surface area contributed by atoms with Gasteiger partial charge < -0.3 is 15.0 Å². The summed E-state index contributed by atoms with van der Waals surface area (Å²) in [7, 11) is 1.62. The normalized spacial score (nSPS) is 20.7. The molecule has 1 aromatic heterocycles. The summed E-state index contributed by atoms with van der Waals surface area (Å²) in [5.41, 5.74) is 4.84. The molecule has 0 radical (unpaired) electrons. The van der Waals surface area contributed by atoms with E-state index in [9.17, 15) is 14.4 Å². The van der Waals surface area contributed by atoms with Gasteiger partial charge in [-0.1, -0.05) is 49.6 Å². The average molecular weight is 549 g/mol. The average Bonchev–Trinajstić information content (AvgIpc) is 3.50. The third-order valence-electron chi connectivity index (χ3n) is 8.81. The van der Waals surface area contributed by atoms with Crippen LogP contribution in [0.2, 0.25) is 0 Å². The summed E-state index contributed by atoms with van der Waals surface area (Å²) >= 11 is 0. The van der Waals surface area contributed by atoms with E-state index in [1.807, 2.05) is 42.5 Å². The highest BCUT2D eigenvalue weighted by atomic mass is 16.5. The van der Waals surface area contributed by atoms with Crippen molar-refractivity contribution >= 4 is 34.4 Å². The Labute approximate surface area is 238 Å². The first-order valence-electron chi connectivity index (χ1n) is 14.3. The molecule has 0 unspecified atom stereocenters. The van der Waals surface area contributed by atoms with Crippen LogP contribution in [0.1, 0.15) is 65.3 Å². The maximum absolute atomic E-state index is 14.1.